The van der Waals surface area contributed by atoms with Gasteiger partial charge in [-0.15, -0.1) is 0 Å². The first-order chi connectivity index (χ1) is 11.7. The predicted molar refractivity (Wildman–Crippen MR) is 93.4 cm³/mol. The molecule has 5 heteroatoms. The van der Waals surface area contributed by atoms with Gasteiger partial charge in [0, 0.05) is 18.3 Å². The van der Waals surface area contributed by atoms with E-state index in [9.17, 15) is 4.79 Å². The van der Waals surface area contributed by atoms with Gasteiger partial charge in [0.25, 0.3) is 0 Å². The third kappa shape index (κ3) is 2.29. The lowest BCUT2D eigenvalue weighted by atomic mass is 9.75. The summed E-state index contributed by atoms with van der Waals surface area (Å²) in [5.41, 5.74) is 3.53. The highest BCUT2D eigenvalue weighted by molar-refractivity contribution is 6.33. The molecule has 0 amide bonds. The van der Waals surface area contributed by atoms with Gasteiger partial charge in [0.1, 0.15) is 0 Å². The fourth-order valence-electron chi connectivity index (χ4n) is 3.86. The first kappa shape index (κ1) is 15.2. The second-order valence-corrected chi connectivity index (χ2v) is 6.54. The number of anilines is 1. The highest BCUT2D eigenvalue weighted by Crippen LogP contribution is 2.52. The van der Waals surface area contributed by atoms with Crippen LogP contribution in [0.25, 0.3) is 0 Å². The normalized spacial score (nSPS) is 24.0. The molecule has 0 radical (unpaired) electrons. The van der Waals surface area contributed by atoms with Crippen molar-refractivity contribution in [3.05, 3.63) is 70.5 Å². The molecule has 0 fully saturated rings. The van der Waals surface area contributed by atoms with Crippen LogP contribution in [-0.2, 0) is 4.74 Å². The number of rotatable bonds is 2. The smallest absolute Gasteiger partial charge is 0.338 e. The van der Waals surface area contributed by atoms with Gasteiger partial charge in [-0.25, -0.2) is 4.79 Å². The molecule has 0 saturated heterocycles. The van der Waals surface area contributed by atoms with Gasteiger partial charge in [-0.1, -0.05) is 23.8 Å². The summed E-state index contributed by atoms with van der Waals surface area (Å²) < 4.78 is 4.96. The Labute approximate surface area is 145 Å². The van der Waals surface area contributed by atoms with Gasteiger partial charge >= 0.3 is 5.97 Å². The van der Waals surface area contributed by atoms with Crippen LogP contribution in [0.4, 0.5) is 5.69 Å². The van der Waals surface area contributed by atoms with Crippen LogP contribution in [0.5, 0.6) is 0 Å². The van der Waals surface area contributed by atoms with Gasteiger partial charge < -0.3 is 10.1 Å². The molecule has 24 heavy (non-hydrogen) atoms. The van der Waals surface area contributed by atoms with E-state index in [1.807, 2.05) is 12.1 Å². The first-order valence-electron chi connectivity index (χ1n) is 7.94. The molecule has 4 nitrogen and oxygen atoms in total. The van der Waals surface area contributed by atoms with Crippen LogP contribution in [-0.4, -0.2) is 18.1 Å². The van der Waals surface area contributed by atoms with Crippen LogP contribution >= 0.6 is 11.6 Å². The quantitative estimate of drug-likeness (QED) is 0.652. The Morgan fingerprint density at radius 3 is 2.83 bits per heavy atom. The molecule has 3 atom stereocenters. The number of fused-ring (bicyclic) bond motifs is 3. The van der Waals surface area contributed by atoms with Gasteiger partial charge in [-0.3, -0.25) is 4.98 Å². The molecule has 122 valence electrons. The Morgan fingerprint density at radius 2 is 2.08 bits per heavy atom. The number of carbonyl (C=O) groups excluding carboxylic acids is 1. The molecular weight excluding hydrogens is 324 g/mol. The molecule has 1 aromatic heterocycles. The van der Waals surface area contributed by atoms with Crippen molar-refractivity contribution in [1.29, 1.82) is 0 Å². The number of nitrogens with one attached hydrogen (secondary N) is 1. The number of allylic oxidation sites excluding steroid dienone is 2. The van der Waals surface area contributed by atoms with Crippen molar-refractivity contribution in [2.45, 2.75) is 18.4 Å². The van der Waals surface area contributed by atoms with E-state index in [4.69, 9.17) is 16.3 Å². The number of carbonyl (C=O) groups is 1. The van der Waals surface area contributed by atoms with E-state index >= 15 is 0 Å². The van der Waals surface area contributed by atoms with Crippen molar-refractivity contribution in [2.24, 2.45) is 5.92 Å². The summed E-state index contributed by atoms with van der Waals surface area (Å²) in [7, 11) is 1.40. The summed E-state index contributed by atoms with van der Waals surface area (Å²) in [5.74, 6) is 0.153. The van der Waals surface area contributed by atoms with Crippen LogP contribution < -0.4 is 5.32 Å². The predicted octanol–water partition coefficient (Wildman–Crippen LogP) is 4.35. The lowest BCUT2D eigenvalue weighted by Crippen LogP contribution is -2.30. The van der Waals surface area contributed by atoms with E-state index in [2.05, 4.69) is 22.5 Å². The van der Waals surface area contributed by atoms with Crippen LogP contribution in [0, 0.1) is 5.92 Å². The standard InChI is InChI=1S/C19H17ClN2O2/c1-24-19(23)14-5-6-15(20)18-16(14)12-3-2-4-13(12)17(22-18)11-7-9-21-10-8-11/h2-3,5-10,12-13,17,22H,4H2,1H3/t12-,13+,17-/m1/s1. The van der Waals surface area contributed by atoms with E-state index < -0.39 is 0 Å². The zero-order valence-corrected chi connectivity index (χ0v) is 14.0. The van der Waals surface area contributed by atoms with Crippen LogP contribution in [0.3, 0.4) is 0 Å². The van der Waals surface area contributed by atoms with E-state index in [0.29, 0.717) is 16.5 Å². The Balaban J connectivity index is 1.87. The van der Waals surface area contributed by atoms with Crippen molar-refractivity contribution in [2.75, 3.05) is 12.4 Å². The Hall–Kier alpha value is -2.33. The topological polar surface area (TPSA) is 51.2 Å². The molecule has 1 aliphatic carbocycles. The van der Waals surface area contributed by atoms with E-state index in [-0.39, 0.29) is 17.9 Å². The molecule has 2 aromatic rings. The molecule has 0 bridgehead atoms. The average Bonchev–Trinajstić information content (AvgIpc) is 3.11. The Kier molecular flexibility index (Phi) is 3.77. The maximum absolute atomic E-state index is 12.2. The molecule has 1 aromatic carbocycles. The molecule has 0 spiro atoms. The number of hydrogen-bond donors (Lipinski definition) is 1. The third-order valence-electron chi connectivity index (χ3n) is 4.94. The molecule has 4 rings (SSSR count). The lowest BCUT2D eigenvalue weighted by Gasteiger charge is -2.38. The largest absolute Gasteiger partial charge is 0.465 e. The van der Waals surface area contributed by atoms with Crippen LogP contribution in [0.2, 0.25) is 5.02 Å². The zero-order valence-electron chi connectivity index (χ0n) is 13.2. The number of ether oxygens (including phenoxy) is 1. The summed E-state index contributed by atoms with van der Waals surface area (Å²) in [4.78, 5) is 16.3. The van der Waals surface area contributed by atoms with E-state index in [1.165, 1.54) is 12.7 Å². The molecule has 2 heterocycles. The first-order valence-corrected chi connectivity index (χ1v) is 8.32. The summed E-state index contributed by atoms with van der Waals surface area (Å²) in [6, 6.07) is 7.69. The number of aromatic nitrogens is 1. The minimum atomic E-state index is -0.328. The number of benzene rings is 1. The minimum absolute atomic E-state index is 0.130. The average molecular weight is 341 g/mol. The number of pyridine rings is 1. The van der Waals surface area contributed by atoms with Crippen LogP contribution in [0.15, 0.2) is 48.8 Å². The Bertz CT molecular complexity index is 820. The van der Waals surface area contributed by atoms with Gasteiger partial charge in [0.05, 0.1) is 29.4 Å². The van der Waals surface area contributed by atoms with Crippen molar-refractivity contribution >= 4 is 23.3 Å². The Morgan fingerprint density at radius 1 is 1.29 bits per heavy atom. The number of nitrogens with zero attached hydrogens (tertiary/aromatic N) is 1. The van der Waals surface area contributed by atoms with Gasteiger partial charge in [-0.05, 0) is 47.7 Å². The summed E-state index contributed by atoms with van der Waals surface area (Å²) in [6.07, 6.45) is 8.92. The number of methoxy groups -OCH3 is 1. The fraction of sp³-hybridized carbons (Fsp3) is 0.263. The second kappa shape index (κ2) is 5.95. The van der Waals surface area contributed by atoms with Crippen molar-refractivity contribution in [1.82, 2.24) is 4.98 Å². The minimum Gasteiger partial charge on any atom is -0.465 e. The lowest BCUT2D eigenvalue weighted by molar-refractivity contribution is 0.0598. The van der Waals surface area contributed by atoms with Crippen molar-refractivity contribution < 1.29 is 9.53 Å². The summed E-state index contributed by atoms with van der Waals surface area (Å²) in [6.45, 7) is 0. The van der Waals surface area contributed by atoms with Gasteiger partial charge in [-0.2, -0.15) is 0 Å². The summed E-state index contributed by atoms with van der Waals surface area (Å²) >= 11 is 6.45. The number of hydrogen-bond acceptors (Lipinski definition) is 4. The molecule has 0 unspecified atom stereocenters. The monoisotopic (exact) mass is 340 g/mol. The number of halogens is 1. The van der Waals surface area contributed by atoms with Crippen molar-refractivity contribution in [3.63, 3.8) is 0 Å². The van der Waals surface area contributed by atoms with E-state index in [0.717, 1.165) is 17.7 Å². The maximum atomic E-state index is 12.2. The zero-order chi connectivity index (χ0) is 16.7. The van der Waals surface area contributed by atoms with Crippen molar-refractivity contribution in [3.8, 4) is 0 Å². The van der Waals surface area contributed by atoms with Gasteiger partial charge in [0.2, 0.25) is 0 Å². The maximum Gasteiger partial charge on any atom is 0.338 e. The highest BCUT2D eigenvalue weighted by Gasteiger charge is 2.40. The highest BCUT2D eigenvalue weighted by atomic mass is 35.5. The SMILES string of the molecule is COC(=O)c1ccc(Cl)c2c1[C@@H]1C=CC[C@@H]1[C@@H](c1ccncc1)N2. The molecule has 2 aliphatic rings. The fourth-order valence-corrected chi connectivity index (χ4v) is 4.08. The molecule has 1 N–H and O–H groups in total. The third-order valence-corrected chi connectivity index (χ3v) is 5.25. The number of esters is 1. The summed E-state index contributed by atoms with van der Waals surface area (Å²) in [5, 5.41) is 4.19. The second-order valence-electron chi connectivity index (χ2n) is 6.13. The van der Waals surface area contributed by atoms with Gasteiger partial charge in [0.15, 0.2) is 0 Å². The van der Waals surface area contributed by atoms with Crippen LogP contribution in [0.1, 0.15) is 39.9 Å². The molecular formula is C19H17ClN2O2. The van der Waals surface area contributed by atoms with E-state index in [1.54, 1.807) is 24.5 Å². The molecule has 1 aliphatic heterocycles. The molecule has 0 saturated carbocycles.